The Hall–Kier alpha value is -0.0800. The molecule has 2 fully saturated rings. The van der Waals surface area contributed by atoms with Crippen molar-refractivity contribution in [3.8, 4) is 0 Å². The highest BCUT2D eigenvalue weighted by Gasteiger charge is 2.69. The summed E-state index contributed by atoms with van der Waals surface area (Å²) < 4.78 is 12.9. The van der Waals surface area contributed by atoms with Gasteiger partial charge in [0.05, 0.1) is 18.8 Å². The van der Waals surface area contributed by atoms with Crippen molar-refractivity contribution >= 4 is 0 Å². The Labute approximate surface area is 119 Å². The van der Waals surface area contributed by atoms with E-state index >= 15 is 0 Å². The predicted molar refractivity (Wildman–Crippen MR) is 79.2 cm³/mol. The molecule has 2 heteroatoms. The highest BCUT2D eigenvalue weighted by atomic mass is 16.6. The number of rotatable bonds is 0. The van der Waals surface area contributed by atoms with Gasteiger partial charge in [0, 0.05) is 5.92 Å². The fourth-order valence-corrected chi connectivity index (χ4v) is 4.06. The van der Waals surface area contributed by atoms with Gasteiger partial charge in [-0.15, -0.1) is 0 Å². The molecule has 19 heavy (non-hydrogen) atoms. The normalized spacial score (nSPS) is 39.9. The third-order valence-corrected chi connectivity index (χ3v) is 5.01. The molecule has 0 N–H and O–H groups in total. The van der Waals surface area contributed by atoms with Crippen LogP contribution in [0.2, 0.25) is 0 Å². The summed E-state index contributed by atoms with van der Waals surface area (Å²) in [5.41, 5.74) is 0.281. The maximum absolute atomic E-state index is 6.69. The van der Waals surface area contributed by atoms with Crippen molar-refractivity contribution in [1.29, 1.82) is 0 Å². The van der Waals surface area contributed by atoms with Crippen LogP contribution in [-0.2, 0) is 9.47 Å². The maximum atomic E-state index is 6.69. The molecule has 0 saturated carbocycles. The van der Waals surface area contributed by atoms with Gasteiger partial charge in [-0.25, -0.2) is 0 Å². The van der Waals surface area contributed by atoms with Crippen LogP contribution >= 0.6 is 0 Å². The van der Waals surface area contributed by atoms with Gasteiger partial charge in [0.1, 0.15) is 5.60 Å². The number of hydrogen-bond acceptors (Lipinski definition) is 2. The molecule has 2 rings (SSSR count). The van der Waals surface area contributed by atoms with Crippen LogP contribution in [-0.4, -0.2) is 24.4 Å². The lowest BCUT2D eigenvalue weighted by Crippen LogP contribution is -2.53. The van der Waals surface area contributed by atoms with Crippen molar-refractivity contribution in [3.05, 3.63) is 0 Å². The number of fused-ring (bicyclic) bond motifs is 2. The largest absolute Gasteiger partial charge is 0.372 e. The SMILES string of the molecule is CC(C)(C)C1[C@@H]2OC[C@]1(C(C)(C)C)O[C@H]2C(C)(C)C. The smallest absolute Gasteiger partial charge is 0.103 e. The summed E-state index contributed by atoms with van der Waals surface area (Å²) >= 11 is 0. The quantitative estimate of drug-likeness (QED) is 0.653. The molecule has 0 aromatic heterocycles. The first-order chi connectivity index (χ1) is 8.31. The summed E-state index contributed by atoms with van der Waals surface area (Å²) in [7, 11) is 0. The van der Waals surface area contributed by atoms with Gasteiger partial charge < -0.3 is 9.47 Å². The molecule has 4 atom stereocenters. The zero-order valence-electron chi connectivity index (χ0n) is 14.3. The van der Waals surface area contributed by atoms with Gasteiger partial charge in [-0.05, 0) is 16.2 Å². The van der Waals surface area contributed by atoms with Crippen molar-refractivity contribution in [2.75, 3.05) is 6.61 Å². The van der Waals surface area contributed by atoms with Gasteiger partial charge in [0.2, 0.25) is 0 Å². The van der Waals surface area contributed by atoms with E-state index in [9.17, 15) is 0 Å². The van der Waals surface area contributed by atoms with Crippen molar-refractivity contribution in [2.24, 2.45) is 22.2 Å². The molecule has 2 nitrogen and oxygen atoms in total. The van der Waals surface area contributed by atoms with E-state index in [1.807, 2.05) is 0 Å². The Bertz CT molecular complexity index is 353. The highest BCUT2D eigenvalue weighted by molar-refractivity contribution is 5.16. The monoisotopic (exact) mass is 268 g/mol. The highest BCUT2D eigenvalue weighted by Crippen LogP contribution is 2.61. The van der Waals surface area contributed by atoms with Gasteiger partial charge in [-0.1, -0.05) is 62.3 Å². The van der Waals surface area contributed by atoms with Gasteiger partial charge >= 0.3 is 0 Å². The summed E-state index contributed by atoms with van der Waals surface area (Å²) in [6, 6.07) is 0. The molecule has 2 aliphatic rings. The van der Waals surface area contributed by atoms with E-state index in [1.165, 1.54) is 0 Å². The standard InChI is InChI=1S/C17H32O2/c1-14(2,3)12-11-13(15(4,5)6)19-17(12,10-18-11)16(7,8)9/h11-13H,10H2,1-9H3/t11-,12?,13+,17-/m0/s1. The van der Waals surface area contributed by atoms with E-state index in [0.717, 1.165) is 6.61 Å². The van der Waals surface area contributed by atoms with E-state index in [0.29, 0.717) is 5.92 Å². The topological polar surface area (TPSA) is 18.5 Å². The van der Waals surface area contributed by atoms with E-state index in [4.69, 9.17) is 9.47 Å². The fourth-order valence-electron chi connectivity index (χ4n) is 4.06. The summed E-state index contributed by atoms with van der Waals surface area (Å²) in [5.74, 6) is 0.462. The van der Waals surface area contributed by atoms with E-state index < -0.39 is 0 Å². The lowest BCUT2D eigenvalue weighted by atomic mass is 9.61. The molecule has 1 unspecified atom stereocenters. The van der Waals surface area contributed by atoms with Crippen LogP contribution in [0.4, 0.5) is 0 Å². The van der Waals surface area contributed by atoms with Gasteiger partial charge in [0.25, 0.3) is 0 Å². The van der Waals surface area contributed by atoms with Crippen molar-refractivity contribution < 1.29 is 9.47 Å². The molecule has 0 aromatic carbocycles. The molecule has 0 aromatic rings. The Morgan fingerprint density at radius 3 is 1.68 bits per heavy atom. The van der Waals surface area contributed by atoms with Crippen LogP contribution in [0.1, 0.15) is 62.3 Å². The summed E-state index contributed by atoms with van der Waals surface area (Å²) in [4.78, 5) is 0. The van der Waals surface area contributed by atoms with Crippen LogP contribution in [0.15, 0.2) is 0 Å². The predicted octanol–water partition coefficient (Wildman–Crippen LogP) is 4.28. The van der Waals surface area contributed by atoms with Crippen molar-refractivity contribution in [2.45, 2.75) is 80.1 Å². The van der Waals surface area contributed by atoms with Gasteiger partial charge in [0.15, 0.2) is 0 Å². The van der Waals surface area contributed by atoms with Crippen LogP contribution in [0.3, 0.4) is 0 Å². The second-order valence-corrected chi connectivity index (χ2v) is 9.66. The lowest BCUT2D eigenvalue weighted by molar-refractivity contribution is -0.210. The third-order valence-electron chi connectivity index (χ3n) is 5.01. The Morgan fingerprint density at radius 1 is 0.842 bits per heavy atom. The summed E-state index contributed by atoms with van der Waals surface area (Å²) in [6.07, 6.45) is 0.434. The van der Waals surface area contributed by atoms with Crippen LogP contribution in [0.5, 0.6) is 0 Å². The van der Waals surface area contributed by atoms with Crippen LogP contribution in [0.25, 0.3) is 0 Å². The molecule has 2 bridgehead atoms. The minimum Gasteiger partial charge on any atom is -0.372 e. The summed E-state index contributed by atoms with van der Waals surface area (Å²) in [5, 5.41) is 0. The molecule has 0 spiro atoms. The fraction of sp³-hybridized carbons (Fsp3) is 1.00. The molecular formula is C17H32O2. The first kappa shape index (κ1) is 15.3. The third kappa shape index (κ3) is 2.15. The Kier molecular flexibility index (Phi) is 3.20. The molecular weight excluding hydrogens is 236 g/mol. The minimum absolute atomic E-state index is 0.0969. The lowest BCUT2D eigenvalue weighted by Gasteiger charge is -2.47. The van der Waals surface area contributed by atoms with E-state index in [1.54, 1.807) is 0 Å². The van der Waals surface area contributed by atoms with E-state index in [2.05, 4.69) is 62.3 Å². The Morgan fingerprint density at radius 2 is 1.37 bits per heavy atom. The molecule has 0 aliphatic carbocycles. The van der Waals surface area contributed by atoms with Crippen LogP contribution in [0, 0.1) is 22.2 Å². The van der Waals surface area contributed by atoms with Crippen molar-refractivity contribution in [3.63, 3.8) is 0 Å². The molecule has 112 valence electrons. The molecule has 0 radical (unpaired) electrons. The van der Waals surface area contributed by atoms with Gasteiger partial charge in [-0.3, -0.25) is 0 Å². The molecule has 2 aliphatic heterocycles. The number of ether oxygens (including phenoxy) is 2. The zero-order chi connectivity index (χ0) is 14.9. The van der Waals surface area contributed by atoms with Crippen LogP contribution < -0.4 is 0 Å². The van der Waals surface area contributed by atoms with Gasteiger partial charge in [-0.2, -0.15) is 0 Å². The second kappa shape index (κ2) is 3.98. The molecule has 0 amide bonds. The molecule has 2 heterocycles. The average Bonchev–Trinajstić information content (AvgIpc) is 2.67. The minimum atomic E-state index is -0.145. The Balaban J connectivity index is 2.48. The summed E-state index contributed by atoms with van der Waals surface area (Å²) in [6.45, 7) is 21.4. The first-order valence-electron chi connectivity index (χ1n) is 7.60. The van der Waals surface area contributed by atoms with E-state index in [-0.39, 0.29) is 34.1 Å². The second-order valence-electron chi connectivity index (χ2n) is 9.66. The average molecular weight is 268 g/mol. The zero-order valence-corrected chi connectivity index (χ0v) is 14.3. The molecule has 2 saturated heterocycles. The maximum Gasteiger partial charge on any atom is 0.103 e. The van der Waals surface area contributed by atoms with Crippen molar-refractivity contribution in [1.82, 2.24) is 0 Å². The number of hydrogen-bond donors (Lipinski definition) is 0. The first-order valence-corrected chi connectivity index (χ1v) is 7.60.